The summed E-state index contributed by atoms with van der Waals surface area (Å²) in [5.41, 5.74) is -0.679. The topological polar surface area (TPSA) is 54.9 Å². The van der Waals surface area contributed by atoms with E-state index in [9.17, 15) is 9.59 Å². The average Bonchev–Trinajstić information content (AvgIpc) is 2.29. The van der Waals surface area contributed by atoms with Crippen molar-refractivity contribution in [1.82, 2.24) is 9.55 Å². The number of nitrogens with one attached hydrogen (secondary N) is 1. The molecule has 0 unspecified atom stereocenters. The molecule has 84 valence electrons. The largest absolute Gasteiger partial charge is 0.328 e. The predicted octanol–water partition coefficient (Wildman–Crippen LogP) is 1.41. The van der Waals surface area contributed by atoms with E-state index in [0.29, 0.717) is 0 Å². The number of H-pyrrole nitrogens is 1. The molecular weight excluding hydrogens is 192 g/mol. The molecule has 1 fully saturated rings. The highest BCUT2D eigenvalue weighted by Crippen LogP contribution is 2.15. The molecule has 0 saturated heterocycles. The van der Waals surface area contributed by atoms with Gasteiger partial charge in [-0.1, -0.05) is 38.5 Å². The molecule has 0 radical (unpaired) electrons. The first-order valence-corrected chi connectivity index (χ1v) is 5.46. The van der Waals surface area contributed by atoms with Crippen molar-refractivity contribution in [1.29, 1.82) is 0 Å². The minimum absolute atomic E-state index is 0.293. The SMILES string of the molecule is C1CCCCC1.Cn1c(=O)cc[nH]c1=O. The van der Waals surface area contributed by atoms with Gasteiger partial charge in [-0.15, -0.1) is 0 Å². The number of aromatic amines is 1. The molecule has 4 nitrogen and oxygen atoms in total. The molecule has 15 heavy (non-hydrogen) atoms. The number of nitrogens with zero attached hydrogens (tertiary/aromatic N) is 1. The van der Waals surface area contributed by atoms with Gasteiger partial charge in [-0.05, 0) is 0 Å². The monoisotopic (exact) mass is 210 g/mol. The van der Waals surface area contributed by atoms with Gasteiger partial charge in [0.2, 0.25) is 0 Å². The molecule has 0 atom stereocenters. The average molecular weight is 210 g/mol. The van der Waals surface area contributed by atoms with Gasteiger partial charge in [-0.2, -0.15) is 0 Å². The summed E-state index contributed by atoms with van der Waals surface area (Å²) in [6.45, 7) is 0. The maximum absolute atomic E-state index is 10.6. The zero-order valence-corrected chi connectivity index (χ0v) is 9.16. The van der Waals surface area contributed by atoms with Gasteiger partial charge in [0.15, 0.2) is 0 Å². The summed E-state index contributed by atoms with van der Waals surface area (Å²) in [6, 6.07) is 1.29. The highest BCUT2D eigenvalue weighted by molar-refractivity contribution is 4.80. The standard InChI is InChI=1S/C6H12.C5H6N2O2/c1-2-4-6-5-3-1;1-7-4(8)2-3-6-5(7)9/h1-6H2;2-3H,1H3,(H,6,9). The van der Waals surface area contributed by atoms with Crippen molar-refractivity contribution >= 4 is 0 Å². The van der Waals surface area contributed by atoms with Crippen molar-refractivity contribution in [2.75, 3.05) is 0 Å². The summed E-state index contributed by atoms with van der Waals surface area (Å²) in [7, 11) is 1.42. The molecule has 0 aromatic carbocycles. The quantitative estimate of drug-likeness (QED) is 0.704. The fraction of sp³-hybridized carbons (Fsp3) is 0.636. The Balaban J connectivity index is 0.000000162. The third-order valence-electron chi connectivity index (χ3n) is 2.57. The number of aromatic nitrogens is 2. The van der Waals surface area contributed by atoms with Crippen LogP contribution in [-0.2, 0) is 7.05 Å². The van der Waals surface area contributed by atoms with Crippen molar-refractivity contribution in [2.45, 2.75) is 38.5 Å². The highest BCUT2D eigenvalue weighted by atomic mass is 16.2. The van der Waals surface area contributed by atoms with Crippen molar-refractivity contribution in [2.24, 2.45) is 7.05 Å². The normalized spacial score (nSPS) is 15.3. The lowest BCUT2D eigenvalue weighted by Gasteiger charge is -2.05. The lowest BCUT2D eigenvalue weighted by Crippen LogP contribution is -2.30. The lowest BCUT2D eigenvalue weighted by atomic mass is 10.0. The molecule has 0 amide bonds. The second-order valence-electron chi connectivity index (χ2n) is 3.80. The minimum Gasteiger partial charge on any atom is -0.314 e. The van der Waals surface area contributed by atoms with Crippen molar-refractivity contribution < 1.29 is 0 Å². The molecule has 1 aromatic rings. The number of hydrogen-bond acceptors (Lipinski definition) is 2. The van der Waals surface area contributed by atoms with Crippen molar-refractivity contribution in [3.8, 4) is 0 Å². The van der Waals surface area contributed by atoms with Gasteiger partial charge in [0.05, 0.1) is 0 Å². The highest BCUT2D eigenvalue weighted by Gasteiger charge is 1.95. The summed E-state index contributed by atoms with van der Waals surface area (Å²) >= 11 is 0. The first-order chi connectivity index (χ1) is 7.22. The fourth-order valence-electron chi connectivity index (χ4n) is 1.55. The zero-order valence-electron chi connectivity index (χ0n) is 9.16. The first-order valence-electron chi connectivity index (χ1n) is 5.46. The van der Waals surface area contributed by atoms with E-state index in [-0.39, 0.29) is 11.2 Å². The molecule has 4 heteroatoms. The minimum atomic E-state index is -0.387. The first kappa shape index (κ1) is 11.8. The summed E-state index contributed by atoms with van der Waals surface area (Å²) in [5, 5.41) is 0. The van der Waals surface area contributed by atoms with Gasteiger partial charge in [0.25, 0.3) is 5.56 Å². The Bertz CT molecular complexity index is 348. The molecule has 0 spiro atoms. The smallest absolute Gasteiger partial charge is 0.314 e. The maximum Gasteiger partial charge on any atom is 0.328 e. The molecule has 0 aliphatic heterocycles. The van der Waals surface area contributed by atoms with Gasteiger partial charge in [0.1, 0.15) is 0 Å². The molecule has 1 aliphatic carbocycles. The molecule has 1 N–H and O–H groups in total. The van der Waals surface area contributed by atoms with Crippen LogP contribution in [0.3, 0.4) is 0 Å². The molecule has 1 aromatic heterocycles. The lowest BCUT2D eigenvalue weighted by molar-refractivity contribution is 0.504. The van der Waals surface area contributed by atoms with Crippen molar-refractivity contribution in [3.63, 3.8) is 0 Å². The molecule has 1 saturated carbocycles. The second kappa shape index (κ2) is 6.22. The van der Waals surface area contributed by atoms with Crippen LogP contribution >= 0.6 is 0 Å². The van der Waals surface area contributed by atoms with Gasteiger partial charge in [-0.3, -0.25) is 9.36 Å². The van der Waals surface area contributed by atoms with E-state index in [1.807, 2.05) is 0 Å². The van der Waals surface area contributed by atoms with Gasteiger partial charge in [-0.25, -0.2) is 4.79 Å². The number of hydrogen-bond donors (Lipinski definition) is 1. The van der Waals surface area contributed by atoms with E-state index in [2.05, 4.69) is 4.98 Å². The van der Waals surface area contributed by atoms with E-state index >= 15 is 0 Å². The molecule has 0 bridgehead atoms. The van der Waals surface area contributed by atoms with Crippen LogP contribution in [0.5, 0.6) is 0 Å². The molecule has 1 heterocycles. The van der Waals surface area contributed by atoms with E-state index < -0.39 is 0 Å². The third kappa shape index (κ3) is 4.14. The van der Waals surface area contributed by atoms with Crippen LogP contribution < -0.4 is 11.2 Å². The Kier molecular flexibility index (Phi) is 4.87. The molecule has 1 aliphatic rings. The van der Waals surface area contributed by atoms with Crippen LogP contribution in [0.2, 0.25) is 0 Å². The Morgan fingerprint density at radius 1 is 1.07 bits per heavy atom. The molecular formula is C11H18N2O2. The summed E-state index contributed by atoms with van der Waals surface area (Å²) in [6.07, 6.45) is 10.3. The third-order valence-corrected chi connectivity index (χ3v) is 2.57. The number of rotatable bonds is 0. The second-order valence-corrected chi connectivity index (χ2v) is 3.80. The van der Waals surface area contributed by atoms with Crippen LogP contribution in [-0.4, -0.2) is 9.55 Å². The van der Waals surface area contributed by atoms with E-state index in [0.717, 1.165) is 4.57 Å². The van der Waals surface area contributed by atoms with Gasteiger partial charge < -0.3 is 4.98 Å². The van der Waals surface area contributed by atoms with E-state index in [4.69, 9.17) is 0 Å². The molecule has 2 rings (SSSR count). The van der Waals surface area contributed by atoms with Crippen LogP contribution in [0.15, 0.2) is 21.9 Å². The van der Waals surface area contributed by atoms with E-state index in [1.165, 1.54) is 57.8 Å². The van der Waals surface area contributed by atoms with Gasteiger partial charge >= 0.3 is 5.69 Å². The summed E-state index contributed by atoms with van der Waals surface area (Å²) < 4.78 is 1.00. The van der Waals surface area contributed by atoms with E-state index in [1.54, 1.807) is 0 Å². The predicted molar refractivity (Wildman–Crippen MR) is 60.0 cm³/mol. The maximum atomic E-state index is 10.6. The van der Waals surface area contributed by atoms with Crippen LogP contribution in [0.1, 0.15) is 38.5 Å². The Labute approximate surface area is 89.0 Å². The van der Waals surface area contributed by atoms with Crippen LogP contribution in [0, 0.1) is 0 Å². The van der Waals surface area contributed by atoms with Crippen LogP contribution in [0.25, 0.3) is 0 Å². The van der Waals surface area contributed by atoms with Crippen LogP contribution in [0.4, 0.5) is 0 Å². The summed E-state index contributed by atoms with van der Waals surface area (Å²) in [4.78, 5) is 23.5. The van der Waals surface area contributed by atoms with Gasteiger partial charge in [0, 0.05) is 19.3 Å². The fourth-order valence-corrected chi connectivity index (χ4v) is 1.55. The zero-order chi connectivity index (χ0) is 11.1. The van der Waals surface area contributed by atoms with Crippen molar-refractivity contribution in [3.05, 3.63) is 33.1 Å². The summed E-state index contributed by atoms with van der Waals surface area (Å²) in [5.74, 6) is 0. The Morgan fingerprint density at radius 3 is 1.87 bits per heavy atom. The Morgan fingerprint density at radius 2 is 1.53 bits per heavy atom. The Hall–Kier alpha value is -1.32.